The third-order valence-corrected chi connectivity index (χ3v) is 5.16. The van der Waals surface area contributed by atoms with Crippen molar-refractivity contribution in [2.75, 3.05) is 32.1 Å². The number of nitrogens with zero attached hydrogens (tertiary/aromatic N) is 4. The van der Waals surface area contributed by atoms with Crippen LogP contribution >= 0.6 is 11.8 Å². The number of carbonyl (C=O) groups excluding carboxylic acids is 1. The topological polar surface area (TPSA) is 49.3 Å². The van der Waals surface area contributed by atoms with Gasteiger partial charge in [-0.15, -0.1) is 0 Å². The van der Waals surface area contributed by atoms with Gasteiger partial charge < -0.3 is 9.80 Å². The molecule has 0 bridgehead atoms. The van der Waals surface area contributed by atoms with Gasteiger partial charge in [-0.05, 0) is 37.5 Å². The Bertz CT molecular complexity index is 740. The highest BCUT2D eigenvalue weighted by Gasteiger charge is 2.19. The molecule has 5 nitrogen and oxygen atoms in total. The summed E-state index contributed by atoms with van der Waals surface area (Å²) in [5.74, 6) is 1.85. The largest absolute Gasteiger partial charge is 0.363 e. The van der Waals surface area contributed by atoms with Crippen LogP contribution in [0, 0.1) is 6.92 Å². The SMILES string of the molecule is Cc1cc(N(C)C)nc(SCc2ccc(C(=O)N3CCCC3)cc2)n1. The fourth-order valence-corrected chi connectivity index (χ4v) is 3.67. The molecule has 3 rings (SSSR count). The van der Waals surface area contributed by atoms with Crippen LogP contribution in [0.25, 0.3) is 0 Å². The predicted molar refractivity (Wildman–Crippen MR) is 102 cm³/mol. The van der Waals surface area contributed by atoms with Gasteiger partial charge >= 0.3 is 0 Å². The second-order valence-electron chi connectivity index (χ2n) is 6.53. The van der Waals surface area contributed by atoms with E-state index in [4.69, 9.17) is 0 Å². The van der Waals surface area contributed by atoms with Crippen LogP contribution in [-0.4, -0.2) is 48.0 Å². The molecule has 6 heteroatoms. The average Bonchev–Trinajstić information content (AvgIpc) is 3.14. The molecular weight excluding hydrogens is 332 g/mol. The number of hydrogen-bond acceptors (Lipinski definition) is 5. The number of thioether (sulfide) groups is 1. The summed E-state index contributed by atoms with van der Waals surface area (Å²) in [6.45, 7) is 3.75. The summed E-state index contributed by atoms with van der Waals surface area (Å²) in [7, 11) is 3.96. The van der Waals surface area contributed by atoms with E-state index in [0.29, 0.717) is 0 Å². The number of rotatable bonds is 5. The van der Waals surface area contributed by atoms with E-state index >= 15 is 0 Å². The van der Waals surface area contributed by atoms with Crippen LogP contribution in [-0.2, 0) is 5.75 Å². The van der Waals surface area contributed by atoms with Crippen molar-refractivity contribution in [3.8, 4) is 0 Å². The summed E-state index contributed by atoms with van der Waals surface area (Å²) in [5.41, 5.74) is 2.91. The Morgan fingerprint density at radius 3 is 2.48 bits per heavy atom. The molecule has 1 amide bonds. The van der Waals surface area contributed by atoms with Gasteiger partial charge in [0.2, 0.25) is 0 Å². The Balaban J connectivity index is 1.63. The number of benzene rings is 1. The number of aryl methyl sites for hydroxylation is 1. The zero-order chi connectivity index (χ0) is 17.8. The Morgan fingerprint density at radius 1 is 1.16 bits per heavy atom. The molecule has 0 atom stereocenters. The van der Waals surface area contributed by atoms with Gasteiger partial charge in [-0.2, -0.15) is 0 Å². The van der Waals surface area contributed by atoms with Crippen molar-refractivity contribution in [1.82, 2.24) is 14.9 Å². The first-order valence-corrected chi connectivity index (χ1v) is 9.55. The molecular formula is C19H24N4OS. The molecule has 1 aliphatic rings. The van der Waals surface area contributed by atoms with E-state index in [1.54, 1.807) is 11.8 Å². The van der Waals surface area contributed by atoms with Crippen LogP contribution in [0.15, 0.2) is 35.5 Å². The van der Waals surface area contributed by atoms with Crippen LogP contribution in [0.1, 0.15) is 34.5 Å². The number of anilines is 1. The van der Waals surface area contributed by atoms with Gasteiger partial charge in [0.15, 0.2) is 5.16 Å². The molecule has 1 aliphatic heterocycles. The molecule has 2 heterocycles. The minimum atomic E-state index is 0.148. The van der Waals surface area contributed by atoms with E-state index in [-0.39, 0.29) is 5.91 Å². The van der Waals surface area contributed by atoms with Gasteiger partial charge in [-0.1, -0.05) is 23.9 Å². The Kier molecular flexibility index (Phi) is 5.58. The molecule has 25 heavy (non-hydrogen) atoms. The van der Waals surface area contributed by atoms with Gasteiger partial charge in [0.25, 0.3) is 5.91 Å². The normalized spacial score (nSPS) is 14.0. The highest BCUT2D eigenvalue weighted by molar-refractivity contribution is 7.98. The maximum Gasteiger partial charge on any atom is 0.253 e. The maximum absolute atomic E-state index is 12.4. The molecule has 0 N–H and O–H groups in total. The van der Waals surface area contributed by atoms with E-state index in [1.807, 2.05) is 61.2 Å². The molecule has 1 fully saturated rings. The average molecular weight is 356 g/mol. The second-order valence-corrected chi connectivity index (χ2v) is 7.47. The number of aromatic nitrogens is 2. The Labute approximate surface area is 153 Å². The predicted octanol–water partition coefficient (Wildman–Crippen LogP) is 3.38. The molecule has 0 radical (unpaired) electrons. The molecule has 2 aromatic rings. The fraction of sp³-hybridized carbons (Fsp3) is 0.421. The third-order valence-electron chi connectivity index (χ3n) is 4.24. The number of likely N-dealkylation sites (tertiary alicyclic amines) is 1. The summed E-state index contributed by atoms with van der Waals surface area (Å²) < 4.78 is 0. The maximum atomic E-state index is 12.4. The summed E-state index contributed by atoms with van der Waals surface area (Å²) in [4.78, 5) is 25.4. The van der Waals surface area contributed by atoms with Gasteiger partial charge in [-0.25, -0.2) is 9.97 Å². The highest BCUT2D eigenvalue weighted by Crippen LogP contribution is 2.22. The van der Waals surface area contributed by atoms with Crippen LogP contribution < -0.4 is 4.90 Å². The quantitative estimate of drug-likeness (QED) is 0.607. The van der Waals surface area contributed by atoms with Crippen molar-refractivity contribution in [2.45, 2.75) is 30.7 Å². The van der Waals surface area contributed by atoms with Gasteiger partial charge in [0.05, 0.1) is 0 Å². The van der Waals surface area contributed by atoms with Crippen LogP contribution in [0.2, 0.25) is 0 Å². The lowest BCUT2D eigenvalue weighted by molar-refractivity contribution is 0.0793. The summed E-state index contributed by atoms with van der Waals surface area (Å²) >= 11 is 1.61. The Hall–Kier alpha value is -2.08. The Morgan fingerprint density at radius 2 is 1.84 bits per heavy atom. The fourth-order valence-electron chi connectivity index (χ4n) is 2.81. The number of amides is 1. The van der Waals surface area contributed by atoms with Crippen molar-refractivity contribution in [1.29, 1.82) is 0 Å². The molecule has 1 aromatic heterocycles. The summed E-state index contributed by atoms with van der Waals surface area (Å²) in [5, 5.41) is 0.779. The molecule has 0 saturated carbocycles. The first-order chi connectivity index (χ1) is 12.0. The molecule has 1 aromatic carbocycles. The molecule has 1 saturated heterocycles. The van der Waals surface area contributed by atoms with Crippen LogP contribution in [0.5, 0.6) is 0 Å². The van der Waals surface area contributed by atoms with E-state index in [2.05, 4.69) is 9.97 Å². The zero-order valence-electron chi connectivity index (χ0n) is 15.0. The molecule has 132 valence electrons. The minimum Gasteiger partial charge on any atom is -0.363 e. The number of hydrogen-bond donors (Lipinski definition) is 0. The minimum absolute atomic E-state index is 0.148. The summed E-state index contributed by atoms with van der Waals surface area (Å²) in [6.07, 6.45) is 2.23. The first kappa shape index (κ1) is 17.7. The smallest absolute Gasteiger partial charge is 0.253 e. The standard InChI is InChI=1S/C19H24N4OS/c1-14-12-17(22(2)3)21-19(20-14)25-13-15-6-8-16(9-7-15)18(24)23-10-4-5-11-23/h6-9,12H,4-5,10-11,13H2,1-3H3. The summed E-state index contributed by atoms with van der Waals surface area (Å²) in [6, 6.07) is 9.89. The highest BCUT2D eigenvalue weighted by atomic mass is 32.2. The third kappa shape index (κ3) is 4.51. The van der Waals surface area contributed by atoms with Crippen molar-refractivity contribution >= 4 is 23.5 Å². The zero-order valence-corrected chi connectivity index (χ0v) is 15.8. The molecule has 0 spiro atoms. The van der Waals surface area contributed by atoms with E-state index < -0.39 is 0 Å². The van der Waals surface area contributed by atoms with E-state index in [0.717, 1.165) is 53.9 Å². The van der Waals surface area contributed by atoms with Crippen molar-refractivity contribution < 1.29 is 4.79 Å². The van der Waals surface area contributed by atoms with Gasteiger partial charge in [-0.3, -0.25) is 4.79 Å². The first-order valence-electron chi connectivity index (χ1n) is 8.57. The van der Waals surface area contributed by atoms with E-state index in [1.165, 1.54) is 5.56 Å². The lowest BCUT2D eigenvalue weighted by Gasteiger charge is -2.15. The number of carbonyl (C=O) groups is 1. The van der Waals surface area contributed by atoms with E-state index in [9.17, 15) is 4.79 Å². The monoisotopic (exact) mass is 356 g/mol. The van der Waals surface area contributed by atoms with Crippen molar-refractivity contribution in [3.05, 3.63) is 47.2 Å². The van der Waals surface area contributed by atoms with Crippen LogP contribution in [0.3, 0.4) is 0 Å². The second kappa shape index (κ2) is 7.87. The van der Waals surface area contributed by atoms with Crippen molar-refractivity contribution in [3.63, 3.8) is 0 Å². The molecule has 0 unspecified atom stereocenters. The van der Waals surface area contributed by atoms with Crippen LogP contribution in [0.4, 0.5) is 5.82 Å². The van der Waals surface area contributed by atoms with Gasteiger partial charge in [0, 0.05) is 50.3 Å². The molecule has 0 aliphatic carbocycles. The van der Waals surface area contributed by atoms with Crippen molar-refractivity contribution in [2.24, 2.45) is 0 Å². The van der Waals surface area contributed by atoms with Gasteiger partial charge in [0.1, 0.15) is 5.82 Å². The lowest BCUT2D eigenvalue weighted by Crippen LogP contribution is -2.27. The lowest BCUT2D eigenvalue weighted by atomic mass is 10.1.